The lowest BCUT2D eigenvalue weighted by molar-refractivity contribution is -0.00819. The van der Waals surface area contributed by atoms with Crippen molar-refractivity contribution in [3.05, 3.63) is 35.8 Å². The van der Waals surface area contributed by atoms with E-state index in [0.717, 1.165) is 25.7 Å². The van der Waals surface area contributed by atoms with Crippen molar-refractivity contribution in [2.45, 2.75) is 50.7 Å². The summed E-state index contributed by atoms with van der Waals surface area (Å²) in [5.74, 6) is -0.306. The van der Waals surface area contributed by atoms with Gasteiger partial charge in [0.25, 0.3) is 12.3 Å². The van der Waals surface area contributed by atoms with Crippen molar-refractivity contribution in [1.29, 1.82) is 0 Å². The summed E-state index contributed by atoms with van der Waals surface area (Å²) in [7, 11) is 0. The number of aliphatic hydroxyl groups is 1. The Morgan fingerprint density at radius 2 is 2.04 bits per heavy atom. The van der Waals surface area contributed by atoms with Crippen molar-refractivity contribution in [2.24, 2.45) is 5.73 Å². The molecule has 1 saturated carbocycles. The van der Waals surface area contributed by atoms with Gasteiger partial charge in [-0.05, 0) is 25.0 Å². The van der Waals surface area contributed by atoms with Gasteiger partial charge in [-0.1, -0.05) is 19.3 Å². The molecule has 0 aliphatic heterocycles. The fourth-order valence-corrected chi connectivity index (χ4v) is 3.12. The molecule has 0 bridgehead atoms. The molecule has 1 aliphatic carbocycles. The second-order valence-corrected chi connectivity index (χ2v) is 6.40. The van der Waals surface area contributed by atoms with Crippen LogP contribution in [0.4, 0.5) is 20.3 Å². The van der Waals surface area contributed by atoms with Crippen LogP contribution in [0.3, 0.4) is 0 Å². The van der Waals surface area contributed by atoms with Crippen LogP contribution in [0.25, 0.3) is 0 Å². The van der Waals surface area contributed by atoms with E-state index in [4.69, 9.17) is 5.73 Å². The first kappa shape index (κ1) is 18.2. The van der Waals surface area contributed by atoms with Crippen LogP contribution in [-0.4, -0.2) is 32.2 Å². The predicted octanol–water partition coefficient (Wildman–Crippen LogP) is 2.92. The van der Waals surface area contributed by atoms with Gasteiger partial charge >= 0.3 is 0 Å². The second-order valence-electron chi connectivity index (χ2n) is 6.40. The summed E-state index contributed by atoms with van der Waals surface area (Å²) in [4.78, 5) is 15.5. The second kappa shape index (κ2) is 7.77. The molecule has 0 radical (unpaired) electrons. The highest BCUT2D eigenvalue weighted by Gasteiger charge is 2.22. The molecule has 1 aliphatic rings. The van der Waals surface area contributed by atoms with Gasteiger partial charge in [0.2, 0.25) is 0 Å². The number of rotatable bonds is 6. The van der Waals surface area contributed by atoms with Gasteiger partial charge in [0.1, 0.15) is 5.56 Å². The third-order valence-electron chi connectivity index (χ3n) is 4.54. The molecule has 7 nitrogen and oxygen atoms in total. The first-order chi connectivity index (χ1) is 12.5. The number of carbonyl (C=O) groups is 1. The van der Waals surface area contributed by atoms with Crippen molar-refractivity contribution >= 4 is 17.4 Å². The standard InChI is InChI=1S/C17H21F2N5O2/c18-15(19)14(25)13-7-6-10(8-21-13)22-17-12(16(20)26)9-24(23-17)11-4-2-1-3-5-11/h6-9,11,14-15,25H,1-5H2,(H2,20,26)(H,22,23). The van der Waals surface area contributed by atoms with E-state index in [1.54, 1.807) is 10.9 Å². The molecule has 0 saturated heterocycles. The Hall–Kier alpha value is -2.55. The maximum Gasteiger partial charge on any atom is 0.269 e. The van der Waals surface area contributed by atoms with Gasteiger partial charge in [-0.25, -0.2) is 8.78 Å². The topological polar surface area (TPSA) is 106 Å². The Kier molecular flexibility index (Phi) is 5.46. The van der Waals surface area contributed by atoms with Gasteiger partial charge in [0.05, 0.1) is 23.6 Å². The minimum atomic E-state index is -2.91. The third-order valence-corrected chi connectivity index (χ3v) is 4.54. The number of pyridine rings is 1. The van der Waals surface area contributed by atoms with E-state index in [1.165, 1.54) is 24.8 Å². The predicted molar refractivity (Wildman–Crippen MR) is 91.4 cm³/mol. The third kappa shape index (κ3) is 3.98. The van der Waals surface area contributed by atoms with E-state index >= 15 is 0 Å². The molecule has 1 atom stereocenters. The molecule has 140 valence electrons. The molecule has 3 rings (SSSR count). The van der Waals surface area contributed by atoms with Crippen LogP contribution in [-0.2, 0) is 0 Å². The highest BCUT2D eigenvalue weighted by atomic mass is 19.3. The van der Waals surface area contributed by atoms with Gasteiger partial charge in [-0.3, -0.25) is 14.5 Å². The monoisotopic (exact) mass is 365 g/mol. The lowest BCUT2D eigenvalue weighted by Crippen LogP contribution is -2.14. The number of halogens is 2. The van der Waals surface area contributed by atoms with E-state index in [1.807, 2.05) is 0 Å². The Bertz CT molecular complexity index is 757. The van der Waals surface area contributed by atoms with Gasteiger partial charge < -0.3 is 16.2 Å². The SMILES string of the molecule is NC(=O)c1cn(C2CCCCC2)nc1Nc1ccc(C(O)C(F)F)nc1. The van der Waals surface area contributed by atoms with Crippen molar-refractivity contribution < 1.29 is 18.7 Å². The smallest absolute Gasteiger partial charge is 0.269 e. The van der Waals surface area contributed by atoms with E-state index in [0.29, 0.717) is 11.5 Å². The van der Waals surface area contributed by atoms with Gasteiger partial charge in [0.15, 0.2) is 11.9 Å². The van der Waals surface area contributed by atoms with E-state index in [2.05, 4.69) is 15.4 Å². The number of nitrogens with zero attached hydrogens (tertiary/aromatic N) is 3. The van der Waals surface area contributed by atoms with Crippen LogP contribution in [0.1, 0.15) is 60.3 Å². The molecule has 2 heterocycles. The molecule has 4 N–H and O–H groups in total. The van der Waals surface area contributed by atoms with Crippen molar-refractivity contribution in [3.63, 3.8) is 0 Å². The molecule has 0 aromatic carbocycles. The number of aliphatic hydroxyl groups excluding tert-OH is 1. The molecule has 0 spiro atoms. The quantitative estimate of drug-likeness (QED) is 0.730. The molecule has 2 aromatic rings. The van der Waals surface area contributed by atoms with E-state index in [9.17, 15) is 18.7 Å². The fourth-order valence-electron chi connectivity index (χ4n) is 3.12. The molecular formula is C17H21F2N5O2. The Labute approximate surface area is 149 Å². The van der Waals surface area contributed by atoms with Crippen LogP contribution in [0, 0.1) is 0 Å². The van der Waals surface area contributed by atoms with Crippen LogP contribution in [0.2, 0.25) is 0 Å². The van der Waals surface area contributed by atoms with Gasteiger partial charge in [0, 0.05) is 6.20 Å². The number of hydrogen-bond acceptors (Lipinski definition) is 5. The summed E-state index contributed by atoms with van der Waals surface area (Å²) >= 11 is 0. The molecule has 1 unspecified atom stereocenters. The summed E-state index contributed by atoms with van der Waals surface area (Å²) in [5, 5.41) is 16.7. The number of aromatic nitrogens is 3. The summed E-state index contributed by atoms with van der Waals surface area (Å²) in [5.41, 5.74) is 6.02. The summed E-state index contributed by atoms with van der Waals surface area (Å²) < 4.78 is 26.8. The summed E-state index contributed by atoms with van der Waals surface area (Å²) in [6.45, 7) is 0. The number of nitrogens with two attached hydrogens (primary N) is 1. The van der Waals surface area contributed by atoms with Gasteiger partial charge in [-0.2, -0.15) is 5.10 Å². The zero-order valence-electron chi connectivity index (χ0n) is 14.1. The number of primary amides is 1. The van der Waals surface area contributed by atoms with Crippen molar-refractivity contribution in [1.82, 2.24) is 14.8 Å². The largest absolute Gasteiger partial charge is 0.381 e. The number of carbonyl (C=O) groups excluding carboxylic acids is 1. The molecule has 1 fully saturated rings. The first-order valence-corrected chi connectivity index (χ1v) is 8.54. The summed E-state index contributed by atoms with van der Waals surface area (Å²) in [6, 6.07) is 3.01. The average molecular weight is 365 g/mol. The molecular weight excluding hydrogens is 344 g/mol. The van der Waals surface area contributed by atoms with E-state index < -0.39 is 18.4 Å². The lowest BCUT2D eigenvalue weighted by Gasteiger charge is -2.21. The highest BCUT2D eigenvalue weighted by molar-refractivity contribution is 5.98. The number of amides is 1. The first-order valence-electron chi connectivity index (χ1n) is 8.54. The normalized spacial score (nSPS) is 16.6. The van der Waals surface area contributed by atoms with Crippen LogP contribution < -0.4 is 11.1 Å². The summed E-state index contributed by atoms with van der Waals surface area (Å²) in [6.07, 6.45) is 3.54. The van der Waals surface area contributed by atoms with Crippen LogP contribution >= 0.6 is 0 Å². The Morgan fingerprint density at radius 3 is 2.62 bits per heavy atom. The molecule has 26 heavy (non-hydrogen) atoms. The maximum absolute atomic E-state index is 12.5. The zero-order chi connectivity index (χ0) is 18.7. The molecule has 1 amide bonds. The maximum atomic E-state index is 12.5. The highest BCUT2D eigenvalue weighted by Crippen LogP contribution is 2.30. The molecule has 9 heteroatoms. The van der Waals surface area contributed by atoms with E-state index in [-0.39, 0.29) is 17.3 Å². The van der Waals surface area contributed by atoms with Crippen molar-refractivity contribution in [3.8, 4) is 0 Å². The Morgan fingerprint density at radius 1 is 1.31 bits per heavy atom. The number of anilines is 2. The average Bonchev–Trinajstić information content (AvgIpc) is 3.06. The zero-order valence-corrected chi connectivity index (χ0v) is 14.1. The van der Waals surface area contributed by atoms with Crippen LogP contribution in [0.5, 0.6) is 0 Å². The molecule has 2 aromatic heterocycles. The Balaban J connectivity index is 1.80. The minimum absolute atomic E-state index is 0.131. The number of hydrogen-bond donors (Lipinski definition) is 3. The van der Waals surface area contributed by atoms with Crippen LogP contribution in [0.15, 0.2) is 24.5 Å². The van der Waals surface area contributed by atoms with Gasteiger partial charge in [-0.15, -0.1) is 0 Å². The number of alkyl halides is 2. The fraction of sp³-hybridized carbons (Fsp3) is 0.471. The van der Waals surface area contributed by atoms with Crippen molar-refractivity contribution in [2.75, 3.05) is 5.32 Å². The number of nitrogens with one attached hydrogen (secondary N) is 1. The minimum Gasteiger partial charge on any atom is -0.381 e. The lowest BCUT2D eigenvalue weighted by atomic mass is 9.96.